The number of carbonyl (C=O) groups excluding carboxylic acids is 1. The first-order valence-electron chi connectivity index (χ1n) is 7.74. The second kappa shape index (κ2) is 7.94. The van der Waals surface area contributed by atoms with Crippen LogP contribution in [-0.4, -0.2) is 30.1 Å². The van der Waals surface area contributed by atoms with Gasteiger partial charge in [-0.25, -0.2) is 4.79 Å². The summed E-state index contributed by atoms with van der Waals surface area (Å²) in [6, 6.07) is 8.26. The Morgan fingerprint density at radius 2 is 1.82 bits per heavy atom. The molecule has 120 valence electrons. The van der Waals surface area contributed by atoms with Gasteiger partial charge >= 0.3 is 5.97 Å². The number of hydrogen-bond donors (Lipinski definition) is 2. The van der Waals surface area contributed by atoms with Gasteiger partial charge in [-0.05, 0) is 24.3 Å². The molecule has 1 aliphatic rings. The molecule has 2 atom stereocenters. The van der Waals surface area contributed by atoms with Gasteiger partial charge in [0.15, 0.2) is 6.10 Å². The van der Waals surface area contributed by atoms with Gasteiger partial charge in [0.05, 0.1) is 0 Å². The summed E-state index contributed by atoms with van der Waals surface area (Å²) in [6.45, 7) is 0. The van der Waals surface area contributed by atoms with Crippen LogP contribution < -0.4 is 5.32 Å². The van der Waals surface area contributed by atoms with Crippen molar-refractivity contribution in [1.29, 1.82) is 0 Å². The van der Waals surface area contributed by atoms with Crippen LogP contribution in [0.3, 0.4) is 0 Å². The Morgan fingerprint density at radius 1 is 1.18 bits per heavy atom. The number of aliphatic carboxylic acids is 1. The molecule has 1 saturated carbocycles. The number of carbonyl (C=O) groups is 2. The number of methoxy groups -OCH3 is 1. The monoisotopic (exact) mass is 305 g/mol. The minimum Gasteiger partial charge on any atom is -0.480 e. The molecule has 0 radical (unpaired) electrons. The van der Waals surface area contributed by atoms with Crippen LogP contribution in [0, 0.1) is 5.92 Å². The number of amides is 1. The number of carboxylic acid groups (broad SMARTS) is 1. The third-order valence-corrected chi connectivity index (χ3v) is 4.26. The average molecular weight is 305 g/mol. The van der Waals surface area contributed by atoms with Gasteiger partial charge in [-0.2, -0.15) is 0 Å². The van der Waals surface area contributed by atoms with E-state index in [1.807, 2.05) is 18.2 Å². The van der Waals surface area contributed by atoms with Crippen LogP contribution in [0.25, 0.3) is 0 Å². The molecule has 0 spiro atoms. The molecule has 0 heterocycles. The van der Waals surface area contributed by atoms with Crippen molar-refractivity contribution < 1.29 is 19.4 Å². The van der Waals surface area contributed by atoms with Gasteiger partial charge in [0.2, 0.25) is 0 Å². The molecule has 0 unspecified atom stereocenters. The predicted octanol–water partition coefficient (Wildman–Crippen LogP) is 2.52. The molecule has 1 aromatic carbocycles. The summed E-state index contributed by atoms with van der Waals surface area (Å²) in [5, 5.41) is 12.1. The SMILES string of the molecule is CO[C@@H](C(=O)N[C@@H](C(=O)O)C1CCCCC1)c1ccccc1. The number of hydrogen-bond acceptors (Lipinski definition) is 3. The van der Waals surface area contributed by atoms with E-state index in [0.29, 0.717) is 0 Å². The average Bonchev–Trinajstić information content (AvgIpc) is 2.55. The third kappa shape index (κ3) is 4.07. The summed E-state index contributed by atoms with van der Waals surface area (Å²) in [6.07, 6.45) is 4.10. The highest BCUT2D eigenvalue weighted by molar-refractivity contribution is 5.87. The predicted molar refractivity (Wildman–Crippen MR) is 82.3 cm³/mol. The fourth-order valence-corrected chi connectivity index (χ4v) is 3.10. The van der Waals surface area contributed by atoms with Crippen LogP contribution in [0.15, 0.2) is 30.3 Å². The number of benzene rings is 1. The largest absolute Gasteiger partial charge is 0.480 e. The zero-order chi connectivity index (χ0) is 15.9. The first-order valence-corrected chi connectivity index (χ1v) is 7.74. The van der Waals surface area contributed by atoms with E-state index in [4.69, 9.17) is 4.74 Å². The van der Waals surface area contributed by atoms with E-state index in [1.165, 1.54) is 7.11 Å². The topological polar surface area (TPSA) is 75.6 Å². The molecule has 22 heavy (non-hydrogen) atoms. The molecule has 0 saturated heterocycles. The van der Waals surface area contributed by atoms with Crippen LogP contribution >= 0.6 is 0 Å². The molecule has 0 aromatic heterocycles. The van der Waals surface area contributed by atoms with Crippen LogP contribution in [-0.2, 0) is 14.3 Å². The Hall–Kier alpha value is -1.88. The Balaban J connectivity index is 2.07. The van der Waals surface area contributed by atoms with Crippen LogP contribution in [0.1, 0.15) is 43.8 Å². The molecule has 1 amide bonds. The highest BCUT2D eigenvalue weighted by atomic mass is 16.5. The molecule has 0 aliphatic heterocycles. The van der Waals surface area contributed by atoms with E-state index < -0.39 is 24.0 Å². The lowest BCUT2D eigenvalue weighted by molar-refractivity contribution is -0.146. The van der Waals surface area contributed by atoms with Crippen molar-refractivity contribution >= 4 is 11.9 Å². The van der Waals surface area contributed by atoms with Crippen LogP contribution in [0.2, 0.25) is 0 Å². The molecular formula is C17H23NO4. The molecule has 1 aromatic rings. The maximum absolute atomic E-state index is 12.4. The minimum atomic E-state index is -0.969. The summed E-state index contributed by atoms with van der Waals surface area (Å²) in [5.74, 6) is -1.36. The molecule has 0 bridgehead atoms. The summed E-state index contributed by atoms with van der Waals surface area (Å²) in [5.41, 5.74) is 0.718. The normalized spacial score (nSPS) is 18.4. The number of carboxylic acids is 1. The van der Waals surface area contributed by atoms with Crippen molar-refractivity contribution in [2.45, 2.75) is 44.2 Å². The Kier molecular flexibility index (Phi) is 5.95. The standard InChI is InChI=1S/C17H23NO4/c1-22-15(13-10-6-3-7-11-13)16(19)18-14(17(20)21)12-8-4-2-5-9-12/h3,6-7,10-12,14-15H,2,4-5,8-9H2,1H3,(H,18,19)(H,20,21)/t14-,15-/m1/s1. The summed E-state index contributed by atoms with van der Waals surface area (Å²) < 4.78 is 5.26. The first-order chi connectivity index (χ1) is 10.6. The van der Waals surface area contributed by atoms with Gasteiger partial charge in [0, 0.05) is 7.11 Å². The van der Waals surface area contributed by atoms with E-state index in [-0.39, 0.29) is 5.92 Å². The van der Waals surface area contributed by atoms with E-state index in [2.05, 4.69) is 5.32 Å². The fraction of sp³-hybridized carbons (Fsp3) is 0.529. The van der Waals surface area contributed by atoms with E-state index in [1.54, 1.807) is 12.1 Å². The number of ether oxygens (including phenoxy) is 1. The van der Waals surface area contributed by atoms with E-state index in [9.17, 15) is 14.7 Å². The zero-order valence-electron chi connectivity index (χ0n) is 12.8. The van der Waals surface area contributed by atoms with Crippen molar-refractivity contribution in [3.05, 3.63) is 35.9 Å². The van der Waals surface area contributed by atoms with Gasteiger partial charge in [-0.1, -0.05) is 49.6 Å². The van der Waals surface area contributed by atoms with E-state index >= 15 is 0 Å². The van der Waals surface area contributed by atoms with E-state index in [0.717, 1.165) is 37.7 Å². The van der Waals surface area contributed by atoms with Gasteiger partial charge in [-0.15, -0.1) is 0 Å². The smallest absolute Gasteiger partial charge is 0.326 e. The third-order valence-electron chi connectivity index (χ3n) is 4.26. The minimum absolute atomic E-state index is 0.00322. The van der Waals surface area contributed by atoms with Crippen molar-refractivity contribution in [2.24, 2.45) is 5.92 Å². The van der Waals surface area contributed by atoms with Crippen molar-refractivity contribution in [1.82, 2.24) is 5.32 Å². The maximum atomic E-state index is 12.4. The molecule has 5 heteroatoms. The second-order valence-electron chi connectivity index (χ2n) is 5.75. The van der Waals surface area contributed by atoms with Gasteiger partial charge < -0.3 is 15.2 Å². The van der Waals surface area contributed by atoms with Gasteiger partial charge in [-0.3, -0.25) is 4.79 Å². The highest BCUT2D eigenvalue weighted by Gasteiger charge is 2.33. The maximum Gasteiger partial charge on any atom is 0.326 e. The second-order valence-corrected chi connectivity index (χ2v) is 5.75. The first kappa shape index (κ1) is 16.5. The lowest BCUT2D eigenvalue weighted by atomic mass is 9.83. The lowest BCUT2D eigenvalue weighted by Crippen LogP contribution is -2.48. The van der Waals surface area contributed by atoms with Crippen molar-refractivity contribution in [3.8, 4) is 0 Å². The van der Waals surface area contributed by atoms with Crippen molar-refractivity contribution in [3.63, 3.8) is 0 Å². The Bertz CT molecular complexity index is 497. The Morgan fingerprint density at radius 3 is 2.36 bits per heavy atom. The quantitative estimate of drug-likeness (QED) is 0.847. The summed E-state index contributed by atoms with van der Waals surface area (Å²) in [4.78, 5) is 24.0. The molecule has 5 nitrogen and oxygen atoms in total. The highest BCUT2D eigenvalue weighted by Crippen LogP contribution is 2.27. The number of nitrogens with one attached hydrogen (secondary N) is 1. The fourth-order valence-electron chi connectivity index (χ4n) is 3.10. The summed E-state index contributed by atoms with van der Waals surface area (Å²) in [7, 11) is 1.45. The van der Waals surface area contributed by atoms with Crippen LogP contribution in [0.5, 0.6) is 0 Å². The summed E-state index contributed by atoms with van der Waals surface area (Å²) >= 11 is 0. The van der Waals surface area contributed by atoms with Gasteiger partial charge in [0.1, 0.15) is 6.04 Å². The lowest BCUT2D eigenvalue weighted by Gasteiger charge is -2.29. The van der Waals surface area contributed by atoms with Gasteiger partial charge in [0.25, 0.3) is 5.91 Å². The zero-order valence-corrected chi connectivity index (χ0v) is 12.8. The molecule has 1 fully saturated rings. The molecule has 1 aliphatic carbocycles. The molecular weight excluding hydrogens is 282 g/mol. The van der Waals surface area contributed by atoms with Crippen LogP contribution in [0.4, 0.5) is 0 Å². The molecule has 2 N–H and O–H groups in total. The molecule has 2 rings (SSSR count). The Labute approximate surface area is 130 Å². The number of rotatable bonds is 6. The van der Waals surface area contributed by atoms with Crippen molar-refractivity contribution in [2.75, 3.05) is 7.11 Å².